The molecule has 1 aliphatic heterocycles. The third kappa shape index (κ3) is 8.59. The maximum absolute atomic E-state index is 13.3. The first kappa shape index (κ1) is 32.9. The summed E-state index contributed by atoms with van der Waals surface area (Å²) in [6, 6.07) is 3.90. The zero-order valence-corrected chi connectivity index (χ0v) is 26.4. The molecule has 1 fully saturated rings. The molecular formula is C29H47FN2O6Si. The fourth-order valence-corrected chi connectivity index (χ4v) is 5.82. The van der Waals surface area contributed by atoms with E-state index in [9.17, 15) is 18.8 Å². The Balaban J connectivity index is 2.24. The van der Waals surface area contributed by atoms with Crippen molar-refractivity contribution in [2.75, 3.05) is 13.7 Å². The van der Waals surface area contributed by atoms with E-state index >= 15 is 0 Å². The molecule has 5 atom stereocenters. The standard InChI is InChI=1S/C29H47FN2O6Si/c1-18(26(34)31-19(2)24(33)20-12-14-21(30)15-13-20)25(36-9)23-16-22(38-39(10,11)29(6,7)8)17-32(23)27(35)37-28(3,4)5/h12-15,18-19,22-23,25H,16-17H2,1-11H3,(H,31,34)/t18-,19+,22?,23?,25-/m1/s1. The summed E-state index contributed by atoms with van der Waals surface area (Å²) in [6.45, 7) is 19.9. The van der Waals surface area contributed by atoms with Gasteiger partial charge in [-0.25, -0.2) is 9.18 Å². The fourth-order valence-electron chi connectivity index (χ4n) is 4.46. The summed E-state index contributed by atoms with van der Waals surface area (Å²) in [7, 11) is -0.624. The normalized spacial score (nSPS) is 20.8. The summed E-state index contributed by atoms with van der Waals surface area (Å²) < 4.78 is 31.4. The van der Waals surface area contributed by atoms with Gasteiger partial charge in [0.1, 0.15) is 11.4 Å². The summed E-state index contributed by atoms with van der Waals surface area (Å²) in [5, 5.41) is 2.75. The van der Waals surface area contributed by atoms with Crippen molar-refractivity contribution in [3.63, 3.8) is 0 Å². The van der Waals surface area contributed by atoms with Gasteiger partial charge >= 0.3 is 6.09 Å². The number of Topliss-reactive ketones (excluding diaryl/α,β-unsaturated/α-hetero) is 1. The smallest absolute Gasteiger partial charge is 0.410 e. The number of nitrogens with zero attached hydrogens (tertiary/aromatic N) is 1. The Kier molecular flexibility index (Phi) is 10.5. The summed E-state index contributed by atoms with van der Waals surface area (Å²) in [4.78, 5) is 41.0. The van der Waals surface area contributed by atoms with Crippen LogP contribution in [0.1, 0.15) is 72.2 Å². The third-order valence-corrected chi connectivity index (χ3v) is 12.2. The van der Waals surface area contributed by atoms with E-state index in [0.29, 0.717) is 18.5 Å². The highest BCUT2D eigenvalue weighted by Gasteiger charge is 2.48. The summed E-state index contributed by atoms with van der Waals surface area (Å²) >= 11 is 0. The average molecular weight is 567 g/mol. The van der Waals surface area contributed by atoms with Gasteiger partial charge in [0, 0.05) is 19.2 Å². The van der Waals surface area contributed by atoms with Crippen molar-refractivity contribution in [3.8, 4) is 0 Å². The lowest BCUT2D eigenvalue weighted by Crippen LogP contribution is -2.52. The molecule has 0 aliphatic carbocycles. The molecular weight excluding hydrogens is 519 g/mol. The van der Waals surface area contributed by atoms with Crippen LogP contribution in [0.4, 0.5) is 9.18 Å². The molecule has 0 spiro atoms. The Labute approximate surface area is 234 Å². The first-order valence-corrected chi connectivity index (χ1v) is 16.5. The number of halogens is 1. The van der Waals surface area contributed by atoms with Crippen molar-refractivity contribution in [2.24, 2.45) is 5.92 Å². The molecule has 2 unspecified atom stereocenters. The number of carbonyl (C=O) groups is 3. The number of ketones is 1. The quantitative estimate of drug-likeness (QED) is 0.311. The van der Waals surface area contributed by atoms with Gasteiger partial charge in [0.25, 0.3) is 0 Å². The van der Waals surface area contributed by atoms with Gasteiger partial charge < -0.3 is 19.2 Å². The lowest BCUT2D eigenvalue weighted by atomic mass is 9.94. The second-order valence-corrected chi connectivity index (χ2v) is 17.8. The van der Waals surface area contributed by atoms with Crippen molar-refractivity contribution in [2.45, 2.75) is 110 Å². The number of benzene rings is 1. The lowest BCUT2D eigenvalue weighted by Gasteiger charge is -2.38. The minimum atomic E-state index is -2.13. The lowest BCUT2D eigenvalue weighted by molar-refractivity contribution is -0.131. The van der Waals surface area contributed by atoms with Crippen LogP contribution in [0.3, 0.4) is 0 Å². The van der Waals surface area contributed by atoms with Crippen LogP contribution in [0.2, 0.25) is 18.1 Å². The van der Waals surface area contributed by atoms with E-state index in [1.165, 1.54) is 31.4 Å². The molecule has 0 radical (unpaired) electrons. The number of hydrogen-bond donors (Lipinski definition) is 1. The van der Waals surface area contributed by atoms with Gasteiger partial charge in [-0.1, -0.05) is 27.7 Å². The molecule has 0 bridgehead atoms. The summed E-state index contributed by atoms with van der Waals surface area (Å²) in [5.41, 5.74) is -0.389. The van der Waals surface area contributed by atoms with Crippen LogP contribution >= 0.6 is 0 Å². The predicted octanol–water partition coefficient (Wildman–Crippen LogP) is 5.56. The highest BCUT2D eigenvalue weighted by Crippen LogP contribution is 2.40. The molecule has 39 heavy (non-hydrogen) atoms. The van der Waals surface area contributed by atoms with E-state index in [1.807, 2.05) is 20.8 Å². The summed E-state index contributed by atoms with van der Waals surface area (Å²) in [5.74, 6) is -1.85. The van der Waals surface area contributed by atoms with E-state index in [4.69, 9.17) is 13.9 Å². The highest BCUT2D eigenvalue weighted by atomic mass is 28.4. The van der Waals surface area contributed by atoms with Gasteiger partial charge in [-0.2, -0.15) is 0 Å². The Bertz CT molecular complexity index is 1020. The minimum absolute atomic E-state index is 0.0110. The maximum Gasteiger partial charge on any atom is 0.410 e. The first-order chi connectivity index (χ1) is 17.8. The SMILES string of the molecule is CO[C@@H](C1CC(O[Si](C)(C)C(C)(C)C)CN1C(=O)OC(C)(C)C)[C@@H](C)C(=O)N[C@@H](C)C(=O)c1ccc(F)cc1. The Morgan fingerprint density at radius 1 is 1.05 bits per heavy atom. The van der Waals surface area contributed by atoms with E-state index < -0.39 is 49.9 Å². The molecule has 10 heteroatoms. The molecule has 8 nitrogen and oxygen atoms in total. The molecule has 0 aromatic heterocycles. The van der Waals surface area contributed by atoms with Crippen molar-refractivity contribution < 1.29 is 32.7 Å². The molecule has 1 heterocycles. The number of methoxy groups -OCH3 is 1. The van der Waals surface area contributed by atoms with Crippen LogP contribution in [-0.2, 0) is 18.7 Å². The number of nitrogens with one attached hydrogen (secondary N) is 1. The van der Waals surface area contributed by atoms with E-state index in [0.717, 1.165) is 0 Å². The largest absolute Gasteiger partial charge is 0.444 e. The van der Waals surface area contributed by atoms with Gasteiger partial charge in [0.05, 0.1) is 30.2 Å². The van der Waals surface area contributed by atoms with Crippen molar-refractivity contribution in [1.29, 1.82) is 0 Å². The van der Waals surface area contributed by atoms with Crippen LogP contribution in [0.25, 0.3) is 0 Å². The van der Waals surface area contributed by atoms with Gasteiger partial charge in [0.15, 0.2) is 14.1 Å². The minimum Gasteiger partial charge on any atom is -0.444 e. The monoisotopic (exact) mass is 566 g/mol. The van der Waals surface area contributed by atoms with Gasteiger partial charge in [-0.15, -0.1) is 0 Å². The van der Waals surface area contributed by atoms with Gasteiger partial charge in [-0.3, -0.25) is 14.5 Å². The molecule has 0 saturated carbocycles. The Morgan fingerprint density at radius 2 is 1.62 bits per heavy atom. The molecule has 1 aromatic rings. The molecule has 1 N–H and O–H groups in total. The number of amides is 2. The second-order valence-electron chi connectivity index (χ2n) is 13.0. The first-order valence-electron chi connectivity index (χ1n) is 13.6. The number of likely N-dealkylation sites (tertiary alicyclic amines) is 1. The second kappa shape index (κ2) is 12.5. The van der Waals surface area contributed by atoms with Crippen LogP contribution in [0, 0.1) is 11.7 Å². The zero-order valence-electron chi connectivity index (χ0n) is 25.4. The predicted molar refractivity (Wildman–Crippen MR) is 152 cm³/mol. The molecule has 2 amide bonds. The van der Waals surface area contributed by atoms with Crippen molar-refractivity contribution in [1.82, 2.24) is 10.2 Å². The Morgan fingerprint density at radius 3 is 2.10 bits per heavy atom. The van der Waals surface area contributed by atoms with Crippen molar-refractivity contribution >= 4 is 26.1 Å². The fraction of sp³-hybridized carbons (Fsp3) is 0.690. The molecule has 2 rings (SSSR count). The molecule has 1 aromatic carbocycles. The van der Waals surface area contributed by atoms with E-state index in [-0.39, 0.29) is 22.8 Å². The highest BCUT2D eigenvalue weighted by molar-refractivity contribution is 6.74. The number of hydrogen-bond acceptors (Lipinski definition) is 6. The maximum atomic E-state index is 13.3. The Hall–Kier alpha value is -2.30. The third-order valence-electron chi connectivity index (χ3n) is 7.64. The zero-order chi connectivity index (χ0) is 29.9. The van der Waals surface area contributed by atoms with Crippen LogP contribution in [0.15, 0.2) is 24.3 Å². The number of ether oxygens (including phenoxy) is 2. The van der Waals surface area contributed by atoms with Crippen molar-refractivity contribution in [3.05, 3.63) is 35.6 Å². The summed E-state index contributed by atoms with van der Waals surface area (Å²) in [6.07, 6.45) is -0.885. The molecule has 1 saturated heterocycles. The number of carbonyl (C=O) groups excluding carboxylic acids is 3. The van der Waals surface area contributed by atoms with Crippen LogP contribution < -0.4 is 5.32 Å². The topological polar surface area (TPSA) is 94.2 Å². The van der Waals surface area contributed by atoms with E-state index in [2.05, 4.69) is 39.2 Å². The van der Waals surface area contributed by atoms with Gasteiger partial charge in [0.2, 0.25) is 5.91 Å². The van der Waals surface area contributed by atoms with E-state index in [1.54, 1.807) is 18.7 Å². The molecule has 220 valence electrons. The number of rotatable bonds is 9. The van der Waals surface area contributed by atoms with Gasteiger partial charge in [-0.05, 0) is 76.5 Å². The van der Waals surface area contributed by atoms with Crippen LogP contribution in [0.5, 0.6) is 0 Å². The van der Waals surface area contributed by atoms with Crippen LogP contribution in [-0.4, -0.2) is 74.5 Å². The average Bonchev–Trinajstić information content (AvgIpc) is 3.20. The molecule has 1 aliphatic rings.